The van der Waals surface area contributed by atoms with Gasteiger partial charge in [-0.1, -0.05) is 35.9 Å². The molecule has 1 aliphatic rings. The summed E-state index contributed by atoms with van der Waals surface area (Å²) < 4.78 is 16.3. The SMILES string of the molecule is CCOc1cc(/C=C2/SC(=O)N([C@@H](C)C(=O)OC)C2=O)ccc1OCc1ccc(C)cc1. The molecular formula is C24H25NO6S. The third-order valence-corrected chi connectivity index (χ3v) is 5.72. The van der Waals surface area contributed by atoms with Crippen molar-refractivity contribution in [3.8, 4) is 11.5 Å². The van der Waals surface area contributed by atoms with E-state index < -0.39 is 23.2 Å². The zero-order valence-electron chi connectivity index (χ0n) is 18.4. The number of imide groups is 1. The van der Waals surface area contributed by atoms with E-state index in [1.165, 1.54) is 19.6 Å². The van der Waals surface area contributed by atoms with Crippen LogP contribution in [0.25, 0.3) is 6.08 Å². The molecular weight excluding hydrogens is 430 g/mol. The summed E-state index contributed by atoms with van der Waals surface area (Å²) in [6.45, 7) is 6.19. The van der Waals surface area contributed by atoms with E-state index in [0.717, 1.165) is 22.2 Å². The number of ether oxygens (including phenoxy) is 3. The second-order valence-corrected chi connectivity index (χ2v) is 8.16. The third kappa shape index (κ3) is 5.31. The Hall–Kier alpha value is -3.26. The van der Waals surface area contributed by atoms with Crippen LogP contribution in [0.4, 0.5) is 4.79 Å². The second-order valence-electron chi connectivity index (χ2n) is 7.16. The number of rotatable bonds is 8. The molecule has 0 saturated carbocycles. The normalized spacial score (nSPS) is 15.8. The molecule has 0 aliphatic carbocycles. The van der Waals surface area contributed by atoms with Gasteiger partial charge in [0.25, 0.3) is 11.1 Å². The van der Waals surface area contributed by atoms with E-state index in [0.29, 0.717) is 30.3 Å². The minimum atomic E-state index is -0.991. The van der Waals surface area contributed by atoms with Gasteiger partial charge in [-0.3, -0.25) is 14.5 Å². The van der Waals surface area contributed by atoms with Gasteiger partial charge in [0.1, 0.15) is 12.6 Å². The molecule has 0 bridgehead atoms. The first-order chi connectivity index (χ1) is 15.3. The van der Waals surface area contributed by atoms with Crippen molar-refractivity contribution >= 4 is 35.0 Å². The number of benzene rings is 2. The first-order valence-corrected chi connectivity index (χ1v) is 11.0. The van der Waals surface area contributed by atoms with Crippen molar-refractivity contribution in [1.29, 1.82) is 0 Å². The lowest BCUT2D eigenvalue weighted by molar-refractivity contribution is -0.148. The third-order valence-electron chi connectivity index (χ3n) is 4.83. The van der Waals surface area contributed by atoms with E-state index >= 15 is 0 Å². The van der Waals surface area contributed by atoms with E-state index in [2.05, 4.69) is 4.74 Å². The Morgan fingerprint density at radius 3 is 2.47 bits per heavy atom. The average molecular weight is 456 g/mol. The monoisotopic (exact) mass is 455 g/mol. The highest BCUT2D eigenvalue weighted by Gasteiger charge is 2.41. The molecule has 1 fully saturated rings. The number of thioether (sulfide) groups is 1. The van der Waals surface area contributed by atoms with Crippen LogP contribution in [0, 0.1) is 6.92 Å². The summed E-state index contributed by atoms with van der Waals surface area (Å²) in [7, 11) is 1.21. The summed E-state index contributed by atoms with van der Waals surface area (Å²) in [5.41, 5.74) is 2.89. The smallest absolute Gasteiger partial charge is 0.328 e. The van der Waals surface area contributed by atoms with Gasteiger partial charge in [-0.25, -0.2) is 4.79 Å². The lowest BCUT2D eigenvalue weighted by Crippen LogP contribution is -2.42. The molecule has 0 N–H and O–H groups in total. The molecule has 1 atom stereocenters. The minimum Gasteiger partial charge on any atom is -0.490 e. The number of carbonyl (C=O) groups excluding carboxylic acids is 3. The molecule has 0 radical (unpaired) electrons. The van der Waals surface area contributed by atoms with Crippen LogP contribution in [0.15, 0.2) is 47.4 Å². The minimum absolute atomic E-state index is 0.224. The quantitative estimate of drug-likeness (QED) is 0.426. The number of aryl methyl sites for hydroxylation is 1. The summed E-state index contributed by atoms with van der Waals surface area (Å²) >= 11 is 0.784. The van der Waals surface area contributed by atoms with Crippen LogP contribution in [0.5, 0.6) is 11.5 Å². The van der Waals surface area contributed by atoms with Gasteiger partial charge in [0, 0.05) is 0 Å². The molecule has 1 heterocycles. The Morgan fingerprint density at radius 2 is 1.81 bits per heavy atom. The largest absolute Gasteiger partial charge is 0.490 e. The second kappa shape index (κ2) is 10.4. The van der Waals surface area contributed by atoms with Gasteiger partial charge in [-0.15, -0.1) is 0 Å². The predicted molar refractivity (Wildman–Crippen MR) is 122 cm³/mol. The van der Waals surface area contributed by atoms with Crippen LogP contribution in [0.1, 0.15) is 30.5 Å². The summed E-state index contributed by atoms with van der Waals surface area (Å²) in [6.07, 6.45) is 1.60. The van der Waals surface area contributed by atoms with Crippen LogP contribution in [-0.4, -0.2) is 41.8 Å². The Morgan fingerprint density at radius 1 is 1.09 bits per heavy atom. The Labute approximate surface area is 191 Å². The zero-order chi connectivity index (χ0) is 23.3. The van der Waals surface area contributed by atoms with E-state index in [-0.39, 0.29) is 4.91 Å². The lowest BCUT2D eigenvalue weighted by atomic mass is 10.1. The molecule has 2 amide bonds. The fourth-order valence-electron chi connectivity index (χ4n) is 3.09. The number of amides is 2. The molecule has 1 aliphatic heterocycles. The molecule has 0 unspecified atom stereocenters. The number of esters is 1. The van der Waals surface area contributed by atoms with Gasteiger partial charge in [-0.2, -0.15) is 0 Å². The lowest BCUT2D eigenvalue weighted by Gasteiger charge is -2.18. The van der Waals surface area contributed by atoms with Crippen LogP contribution in [-0.2, 0) is 20.9 Å². The molecule has 8 heteroatoms. The first-order valence-electron chi connectivity index (χ1n) is 10.1. The van der Waals surface area contributed by atoms with E-state index in [1.807, 2.05) is 38.1 Å². The summed E-state index contributed by atoms with van der Waals surface area (Å²) in [5, 5.41) is -0.512. The fraction of sp³-hybridized carbons (Fsp3) is 0.292. The maximum absolute atomic E-state index is 12.7. The van der Waals surface area contributed by atoms with Gasteiger partial charge >= 0.3 is 5.97 Å². The molecule has 3 rings (SSSR count). The van der Waals surface area contributed by atoms with Gasteiger partial charge < -0.3 is 14.2 Å². The van der Waals surface area contributed by atoms with Crippen molar-refractivity contribution in [2.75, 3.05) is 13.7 Å². The molecule has 168 valence electrons. The van der Waals surface area contributed by atoms with Crippen molar-refractivity contribution in [1.82, 2.24) is 4.90 Å². The first kappa shape index (κ1) is 23.4. The van der Waals surface area contributed by atoms with Gasteiger partial charge in [0.2, 0.25) is 0 Å². The number of hydrogen-bond donors (Lipinski definition) is 0. The van der Waals surface area contributed by atoms with Gasteiger partial charge in [0.15, 0.2) is 11.5 Å². The van der Waals surface area contributed by atoms with Crippen molar-refractivity contribution in [2.45, 2.75) is 33.4 Å². The number of carbonyl (C=O) groups is 3. The van der Waals surface area contributed by atoms with Crippen LogP contribution in [0.2, 0.25) is 0 Å². The van der Waals surface area contributed by atoms with Gasteiger partial charge in [0.05, 0.1) is 18.6 Å². The highest BCUT2D eigenvalue weighted by Crippen LogP contribution is 2.36. The molecule has 0 aromatic heterocycles. The molecule has 2 aromatic carbocycles. The van der Waals surface area contributed by atoms with Crippen LogP contribution < -0.4 is 9.47 Å². The summed E-state index contributed by atoms with van der Waals surface area (Å²) in [5.74, 6) is -0.0645. The predicted octanol–water partition coefficient (Wildman–Crippen LogP) is 4.57. The molecule has 0 spiro atoms. The van der Waals surface area contributed by atoms with Crippen LogP contribution >= 0.6 is 11.8 Å². The summed E-state index contributed by atoms with van der Waals surface area (Å²) in [4.78, 5) is 37.9. The van der Waals surface area contributed by atoms with Crippen molar-refractivity contribution in [2.24, 2.45) is 0 Å². The highest BCUT2D eigenvalue weighted by atomic mass is 32.2. The highest BCUT2D eigenvalue weighted by molar-refractivity contribution is 8.18. The summed E-state index contributed by atoms with van der Waals surface area (Å²) in [6, 6.07) is 12.4. The van der Waals surface area contributed by atoms with Crippen molar-refractivity contribution < 1.29 is 28.6 Å². The average Bonchev–Trinajstić information content (AvgIpc) is 3.06. The Kier molecular flexibility index (Phi) is 7.58. The molecule has 2 aromatic rings. The van der Waals surface area contributed by atoms with E-state index in [1.54, 1.807) is 24.3 Å². The molecule has 32 heavy (non-hydrogen) atoms. The maximum atomic E-state index is 12.7. The molecule has 7 nitrogen and oxygen atoms in total. The standard InChI is InChI=1S/C24H25NO6S/c1-5-30-20-12-18(10-11-19(20)31-14-17-8-6-15(2)7-9-17)13-21-22(26)25(24(28)32-21)16(3)23(27)29-4/h6-13,16H,5,14H2,1-4H3/b21-13+/t16-/m0/s1. The van der Waals surface area contributed by atoms with Crippen molar-refractivity contribution in [3.05, 3.63) is 64.1 Å². The number of nitrogens with zero attached hydrogens (tertiary/aromatic N) is 1. The van der Waals surface area contributed by atoms with Crippen LogP contribution in [0.3, 0.4) is 0 Å². The van der Waals surface area contributed by atoms with Crippen molar-refractivity contribution in [3.63, 3.8) is 0 Å². The van der Waals surface area contributed by atoms with E-state index in [4.69, 9.17) is 9.47 Å². The molecule has 1 saturated heterocycles. The zero-order valence-corrected chi connectivity index (χ0v) is 19.2. The Bertz CT molecular complexity index is 1050. The fourth-order valence-corrected chi connectivity index (χ4v) is 4.00. The van der Waals surface area contributed by atoms with Gasteiger partial charge in [-0.05, 0) is 61.9 Å². The topological polar surface area (TPSA) is 82.1 Å². The number of methoxy groups -OCH3 is 1. The Balaban J connectivity index is 1.79. The number of hydrogen-bond acceptors (Lipinski definition) is 7. The van der Waals surface area contributed by atoms with E-state index in [9.17, 15) is 14.4 Å². The maximum Gasteiger partial charge on any atom is 0.328 e.